The third-order valence-electron chi connectivity index (χ3n) is 3.96. The number of nitrogens with two attached hydrogens (primary N) is 1. The number of primary amides is 1. The van der Waals surface area contributed by atoms with E-state index in [2.05, 4.69) is 5.32 Å². The van der Waals surface area contributed by atoms with Crippen LogP contribution in [0.1, 0.15) is 37.7 Å². The highest BCUT2D eigenvalue weighted by Crippen LogP contribution is 2.27. The third kappa shape index (κ3) is 4.85. The molecule has 0 radical (unpaired) electrons. The first kappa shape index (κ1) is 15.5. The van der Waals surface area contributed by atoms with E-state index in [1.807, 2.05) is 0 Å². The van der Waals surface area contributed by atoms with Crippen molar-refractivity contribution in [2.45, 2.75) is 44.6 Å². The molecular formula is C16H21FN2O2. The molecule has 2 amide bonds. The fourth-order valence-electron chi connectivity index (χ4n) is 2.85. The summed E-state index contributed by atoms with van der Waals surface area (Å²) in [5.41, 5.74) is 5.97. The molecule has 114 valence electrons. The van der Waals surface area contributed by atoms with Gasteiger partial charge in [0, 0.05) is 12.8 Å². The summed E-state index contributed by atoms with van der Waals surface area (Å²) in [5, 5.41) is 2.68. The van der Waals surface area contributed by atoms with Crippen LogP contribution in [0.3, 0.4) is 0 Å². The normalized spacial score (nSPS) is 16.6. The van der Waals surface area contributed by atoms with E-state index in [1.165, 1.54) is 25.0 Å². The Morgan fingerprint density at radius 3 is 2.67 bits per heavy atom. The molecule has 0 unspecified atom stereocenters. The molecule has 0 spiro atoms. The van der Waals surface area contributed by atoms with Crippen molar-refractivity contribution >= 4 is 11.8 Å². The second kappa shape index (κ2) is 7.20. The van der Waals surface area contributed by atoms with Gasteiger partial charge in [-0.1, -0.05) is 25.0 Å². The summed E-state index contributed by atoms with van der Waals surface area (Å²) in [4.78, 5) is 23.5. The molecule has 0 bridgehead atoms. The highest BCUT2D eigenvalue weighted by atomic mass is 19.1. The smallest absolute Gasteiger partial charge is 0.240 e. The van der Waals surface area contributed by atoms with Crippen molar-refractivity contribution in [3.8, 4) is 0 Å². The van der Waals surface area contributed by atoms with Crippen molar-refractivity contribution in [1.29, 1.82) is 0 Å². The number of carbonyl (C=O) groups excluding carboxylic acids is 2. The Hall–Kier alpha value is -1.91. The molecule has 2 rings (SSSR count). The van der Waals surface area contributed by atoms with Gasteiger partial charge in [0.2, 0.25) is 11.8 Å². The Morgan fingerprint density at radius 2 is 2.05 bits per heavy atom. The number of amides is 2. The van der Waals surface area contributed by atoms with Crippen LogP contribution in [-0.4, -0.2) is 17.9 Å². The van der Waals surface area contributed by atoms with Crippen molar-refractivity contribution in [2.75, 3.05) is 0 Å². The van der Waals surface area contributed by atoms with Crippen LogP contribution < -0.4 is 11.1 Å². The van der Waals surface area contributed by atoms with Crippen LogP contribution in [0.5, 0.6) is 0 Å². The highest BCUT2D eigenvalue weighted by molar-refractivity contribution is 5.86. The zero-order valence-corrected chi connectivity index (χ0v) is 12.0. The molecule has 4 nitrogen and oxygen atoms in total. The minimum atomic E-state index is -0.791. The molecule has 1 atom stereocenters. The van der Waals surface area contributed by atoms with Gasteiger partial charge in [0.15, 0.2) is 0 Å². The lowest BCUT2D eigenvalue weighted by molar-refractivity contribution is -0.127. The number of nitrogens with one attached hydrogen (secondary N) is 1. The largest absolute Gasteiger partial charge is 0.368 e. The first-order valence-corrected chi connectivity index (χ1v) is 7.37. The predicted molar refractivity (Wildman–Crippen MR) is 77.8 cm³/mol. The molecule has 1 aromatic rings. The van der Waals surface area contributed by atoms with Crippen LogP contribution in [-0.2, 0) is 16.0 Å². The average molecular weight is 292 g/mol. The lowest BCUT2D eigenvalue weighted by Crippen LogP contribution is -2.46. The molecule has 3 N–H and O–H groups in total. The number of hydrogen-bond acceptors (Lipinski definition) is 2. The van der Waals surface area contributed by atoms with Gasteiger partial charge in [-0.15, -0.1) is 0 Å². The summed E-state index contributed by atoms with van der Waals surface area (Å²) in [7, 11) is 0. The SMILES string of the molecule is NC(=O)[C@H](Cc1cccc(F)c1)NC(=O)CC1CCCC1. The Kier molecular flexibility index (Phi) is 5.31. The third-order valence-corrected chi connectivity index (χ3v) is 3.96. The lowest BCUT2D eigenvalue weighted by Gasteiger charge is -2.17. The molecule has 1 fully saturated rings. The van der Waals surface area contributed by atoms with Crippen molar-refractivity contribution in [2.24, 2.45) is 11.7 Å². The van der Waals surface area contributed by atoms with Crippen molar-refractivity contribution in [1.82, 2.24) is 5.32 Å². The monoisotopic (exact) mass is 292 g/mol. The minimum absolute atomic E-state index is 0.151. The van der Waals surface area contributed by atoms with Crippen LogP contribution >= 0.6 is 0 Å². The van der Waals surface area contributed by atoms with E-state index in [9.17, 15) is 14.0 Å². The van der Waals surface area contributed by atoms with Crippen LogP contribution in [0.2, 0.25) is 0 Å². The van der Waals surface area contributed by atoms with Crippen LogP contribution in [0.25, 0.3) is 0 Å². The Bertz CT molecular complexity index is 513. The van der Waals surface area contributed by atoms with Gasteiger partial charge in [-0.3, -0.25) is 9.59 Å². The summed E-state index contributed by atoms with van der Waals surface area (Å²) < 4.78 is 13.1. The second-order valence-corrected chi connectivity index (χ2v) is 5.71. The van der Waals surface area contributed by atoms with Gasteiger partial charge in [0.25, 0.3) is 0 Å². The Morgan fingerprint density at radius 1 is 1.33 bits per heavy atom. The molecule has 1 aliphatic carbocycles. The van der Waals surface area contributed by atoms with Gasteiger partial charge in [-0.2, -0.15) is 0 Å². The zero-order valence-electron chi connectivity index (χ0n) is 12.0. The first-order valence-electron chi connectivity index (χ1n) is 7.37. The summed E-state index contributed by atoms with van der Waals surface area (Å²) in [5.74, 6) is -0.707. The molecule has 1 saturated carbocycles. The van der Waals surface area contributed by atoms with E-state index in [0.717, 1.165) is 12.8 Å². The van der Waals surface area contributed by atoms with Gasteiger partial charge in [0.1, 0.15) is 11.9 Å². The molecule has 0 saturated heterocycles. The van der Waals surface area contributed by atoms with Crippen molar-refractivity contribution in [3.05, 3.63) is 35.6 Å². The van der Waals surface area contributed by atoms with Gasteiger partial charge >= 0.3 is 0 Å². The number of benzene rings is 1. The summed E-state index contributed by atoms with van der Waals surface area (Å²) >= 11 is 0. The van der Waals surface area contributed by atoms with E-state index < -0.39 is 11.9 Å². The van der Waals surface area contributed by atoms with E-state index in [4.69, 9.17) is 5.73 Å². The Labute approximate surface area is 123 Å². The average Bonchev–Trinajstić information content (AvgIpc) is 2.90. The zero-order chi connectivity index (χ0) is 15.2. The molecule has 0 aliphatic heterocycles. The standard InChI is InChI=1S/C16H21FN2O2/c17-13-7-3-6-12(8-13)9-14(16(18)21)19-15(20)10-11-4-1-2-5-11/h3,6-8,11,14H,1-2,4-5,9-10H2,(H2,18,21)(H,19,20)/t14-/m0/s1. The fourth-order valence-corrected chi connectivity index (χ4v) is 2.85. The van der Waals surface area contributed by atoms with Crippen molar-refractivity contribution in [3.63, 3.8) is 0 Å². The molecule has 21 heavy (non-hydrogen) atoms. The van der Waals surface area contributed by atoms with E-state index in [0.29, 0.717) is 17.9 Å². The van der Waals surface area contributed by atoms with E-state index >= 15 is 0 Å². The highest BCUT2D eigenvalue weighted by Gasteiger charge is 2.22. The van der Waals surface area contributed by atoms with E-state index in [-0.39, 0.29) is 18.1 Å². The number of hydrogen-bond donors (Lipinski definition) is 2. The lowest BCUT2D eigenvalue weighted by atomic mass is 10.0. The maximum atomic E-state index is 13.1. The minimum Gasteiger partial charge on any atom is -0.368 e. The number of rotatable bonds is 6. The van der Waals surface area contributed by atoms with E-state index in [1.54, 1.807) is 12.1 Å². The predicted octanol–water partition coefficient (Wildman–Crippen LogP) is 1.92. The Balaban J connectivity index is 1.92. The first-order chi connectivity index (χ1) is 10.0. The molecule has 0 heterocycles. The maximum absolute atomic E-state index is 13.1. The molecule has 0 aromatic heterocycles. The fraction of sp³-hybridized carbons (Fsp3) is 0.500. The molecule has 1 aromatic carbocycles. The van der Waals surface area contributed by atoms with Gasteiger partial charge in [0.05, 0.1) is 0 Å². The molecular weight excluding hydrogens is 271 g/mol. The van der Waals surface area contributed by atoms with Gasteiger partial charge in [-0.05, 0) is 36.5 Å². The van der Waals surface area contributed by atoms with Gasteiger partial charge in [-0.25, -0.2) is 4.39 Å². The van der Waals surface area contributed by atoms with Crippen molar-refractivity contribution < 1.29 is 14.0 Å². The summed E-state index contributed by atoms with van der Waals surface area (Å²) in [6.45, 7) is 0. The topological polar surface area (TPSA) is 72.2 Å². The van der Waals surface area contributed by atoms with Gasteiger partial charge < -0.3 is 11.1 Å². The van der Waals surface area contributed by atoms with Crippen LogP contribution in [0, 0.1) is 11.7 Å². The second-order valence-electron chi connectivity index (χ2n) is 5.71. The number of carbonyl (C=O) groups is 2. The molecule has 5 heteroatoms. The maximum Gasteiger partial charge on any atom is 0.240 e. The summed E-state index contributed by atoms with van der Waals surface area (Å²) in [6.07, 6.45) is 5.12. The van der Waals surface area contributed by atoms with Crippen LogP contribution in [0.15, 0.2) is 24.3 Å². The summed E-state index contributed by atoms with van der Waals surface area (Å²) in [6, 6.07) is 5.17. The molecule has 1 aliphatic rings. The quantitative estimate of drug-likeness (QED) is 0.840. The van der Waals surface area contributed by atoms with Crippen LogP contribution in [0.4, 0.5) is 4.39 Å². The number of halogens is 1.